The van der Waals surface area contributed by atoms with Crippen LogP contribution in [0, 0.1) is 13.8 Å². The van der Waals surface area contributed by atoms with Crippen LogP contribution < -0.4 is 5.32 Å². The van der Waals surface area contributed by atoms with E-state index in [1.165, 1.54) is 12.3 Å². The SMILES string of the molecule is Cc1[nH]nc(NC(=O)c2ncccc2O)c1C. The number of rotatable bonds is 2. The Labute approximate surface area is 97.7 Å². The molecular weight excluding hydrogens is 220 g/mol. The molecule has 2 heterocycles. The van der Waals surface area contributed by atoms with E-state index in [9.17, 15) is 9.90 Å². The molecule has 2 aromatic rings. The Morgan fingerprint density at radius 2 is 2.24 bits per heavy atom. The van der Waals surface area contributed by atoms with E-state index in [2.05, 4.69) is 20.5 Å². The molecule has 0 saturated carbocycles. The van der Waals surface area contributed by atoms with Gasteiger partial charge in [0, 0.05) is 17.5 Å². The molecule has 0 aromatic carbocycles. The Bertz CT molecular complexity index is 562. The van der Waals surface area contributed by atoms with Crippen LogP contribution in [0.5, 0.6) is 5.75 Å². The zero-order valence-corrected chi connectivity index (χ0v) is 9.48. The normalized spacial score (nSPS) is 10.2. The molecule has 88 valence electrons. The lowest BCUT2D eigenvalue weighted by Crippen LogP contribution is -2.14. The zero-order valence-electron chi connectivity index (χ0n) is 9.48. The summed E-state index contributed by atoms with van der Waals surface area (Å²) in [7, 11) is 0. The monoisotopic (exact) mass is 232 g/mol. The van der Waals surface area contributed by atoms with Gasteiger partial charge in [-0.3, -0.25) is 9.89 Å². The van der Waals surface area contributed by atoms with Crippen LogP contribution in [0.3, 0.4) is 0 Å². The number of hydrogen-bond donors (Lipinski definition) is 3. The fourth-order valence-electron chi connectivity index (χ4n) is 1.35. The number of nitrogens with one attached hydrogen (secondary N) is 2. The molecule has 6 heteroatoms. The van der Waals surface area contributed by atoms with E-state index < -0.39 is 5.91 Å². The van der Waals surface area contributed by atoms with E-state index in [0.29, 0.717) is 5.82 Å². The van der Waals surface area contributed by atoms with Gasteiger partial charge in [0.05, 0.1) is 0 Å². The van der Waals surface area contributed by atoms with Crippen LogP contribution in [0.2, 0.25) is 0 Å². The summed E-state index contributed by atoms with van der Waals surface area (Å²) in [5.74, 6) is -0.204. The smallest absolute Gasteiger partial charge is 0.279 e. The first-order valence-corrected chi connectivity index (χ1v) is 5.06. The molecule has 6 nitrogen and oxygen atoms in total. The molecule has 0 bridgehead atoms. The van der Waals surface area contributed by atoms with Crippen LogP contribution in [0.15, 0.2) is 18.3 Å². The second-order valence-corrected chi connectivity index (χ2v) is 3.65. The highest BCUT2D eigenvalue weighted by Gasteiger charge is 2.15. The molecule has 0 aliphatic heterocycles. The summed E-state index contributed by atoms with van der Waals surface area (Å²) in [6, 6.07) is 2.96. The number of aromatic nitrogens is 3. The van der Waals surface area contributed by atoms with Crippen LogP contribution in [0.25, 0.3) is 0 Å². The van der Waals surface area contributed by atoms with Gasteiger partial charge in [0.2, 0.25) is 0 Å². The van der Waals surface area contributed by atoms with Gasteiger partial charge in [-0.1, -0.05) is 0 Å². The fourth-order valence-corrected chi connectivity index (χ4v) is 1.35. The molecule has 0 aliphatic rings. The quantitative estimate of drug-likeness (QED) is 0.729. The molecule has 0 aliphatic carbocycles. The van der Waals surface area contributed by atoms with Gasteiger partial charge in [-0.15, -0.1) is 0 Å². The number of aromatic amines is 1. The number of hydrogen-bond acceptors (Lipinski definition) is 4. The number of pyridine rings is 1. The van der Waals surface area contributed by atoms with Crippen molar-refractivity contribution in [3.8, 4) is 5.75 Å². The highest BCUT2D eigenvalue weighted by atomic mass is 16.3. The largest absolute Gasteiger partial charge is 0.505 e. The number of H-pyrrole nitrogens is 1. The lowest BCUT2D eigenvalue weighted by atomic mass is 10.2. The topological polar surface area (TPSA) is 90.9 Å². The van der Waals surface area contributed by atoms with Crippen molar-refractivity contribution >= 4 is 11.7 Å². The molecule has 0 unspecified atom stereocenters. The molecule has 0 atom stereocenters. The third-order valence-corrected chi connectivity index (χ3v) is 2.49. The van der Waals surface area contributed by atoms with Crippen LogP contribution in [0.1, 0.15) is 21.7 Å². The first kappa shape index (κ1) is 11.1. The van der Waals surface area contributed by atoms with Crippen LogP contribution in [-0.4, -0.2) is 26.2 Å². The minimum Gasteiger partial charge on any atom is -0.505 e. The second-order valence-electron chi connectivity index (χ2n) is 3.65. The van der Waals surface area contributed by atoms with Crippen molar-refractivity contribution in [3.05, 3.63) is 35.3 Å². The minimum atomic E-state index is -0.488. The molecule has 17 heavy (non-hydrogen) atoms. The number of anilines is 1. The van der Waals surface area contributed by atoms with Gasteiger partial charge < -0.3 is 10.4 Å². The van der Waals surface area contributed by atoms with E-state index in [-0.39, 0.29) is 11.4 Å². The average Bonchev–Trinajstić information content (AvgIpc) is 2.61. The molecule has 0 radical (unpaired) electrons. The summed E-state index contributed by atoms with van der Waals surface area (Å²) in [6.45, 7) is 3.70. The van der Waals surface area contributed by atoms with Crippen LogP contribution in [-0.2, 0) is 0 Å². The van der Waals surface area contributed by atoms with Crippen molar-refractivity contribution in [1.82, 2.24) is 15.2 Å². The predicted molar refractivity (Wildman–Crippen MR) is 61.9 cm³/mol. The molecule has 2 aromatic heterocycles. The van der Waals surface area contributed by atoms with Crippen LogP contribution in [0.4, 0.5) is 5.82 Å². The van der Waals surface area contributed by atoms with Crippen molar-refractivity contribution in [3.63, 3.8) is 0 Å². The number of aromatic hydroxyl groups is 1. The molecule has 3 N–H and O–H groups in total. The highest BCUT2D eigenvalue weighted by Crippen LogP contribution is 2.17. The standard InChI is InChI=1S/C11H12N4O2/c1-6-7(2)14-15-10(6)13-11(17)9-8(16)4-3-5-12-9/h3-5,16H,1-2H3,(H2,13,14,15,17). The Morgan fingerprint density at radius 1 is 1.47 bits per heavy atom. The minimum absolute atomic E-state index is 0.0208. The first-order valence-electron chi connectivity index (χ1n) is 5.06. The Kier molecular flexibility index (Phi) is 2.78. The van der Waals surface area contributed by atoms with E-state index in [0.717, 1.165) is 11.3 Å². The summed E-state index contributed by atoms with van der Waals surface area (Å²) in [6.07, 6.45) is 1.44. The molecule has 0 saturated heterocycles. The van der Waals surface area contributed by atoms with Crippen molar-refractivity contribution in [1.29, 1.82) is 0 Å². The molecule has 0 spiro atoms. The summed E-state index contributed by atoms with van der Waals surface area (Å²) in [4.78, 5) is 15.6. The van der Waals surface area contributed by atoms with Crippen molar-refractivity contribution < 1.29 is 9.90 Å². The first-order chi connectivity index (χ1) is 8.09. The van der Waals surface area contributed by atoms with Gasteiger partial charge in [-0.05, 0) is 26.0 Å². The van der Waals surface area contributed by atoms with Gasteiger partial charge >= 0.3 is 0 Å². The average molecular weight is 232 g/mol. The maximum absolute atomic E-state index is 11.8. The van der Waals surface area contributed by atoms with Gasteiger partial charge in [0.1, 0.15) is 5.75 Å². The van der Waals surface area contributed by atoms with Gasteiger partial charge in [0.15, 0.2) is 11.5 Å². The lowest BCUT2D eigenvalue weighted by molar-refractivity contribution is 0.101. The highest BCUT2D eigenvalue weighted by molar-refractivity contribution is 6.04. The van der Waals surface area contributed by atoms with Gasteiger partial charge in [-0.2, -0.15) is 5.10 Å². The van der Waals surface area contributed by atoms with Crippen LogP contribution >= 0.6 is 0 Å². The van der Waals surface area contributed by atoms with E-state index >= 15 is 0 Å². The fraction of sp³-hybridized carbons (Fsp3) is 0.182. The maximum Gasteiger partial charge on any atom is 0.279 e. The maximum atomic E-state index is 11.8. The van der Waals surface area contributed by atoms with E-state index in [4.69, 9.17) is 0 Å². The lowest BCUT2D eigenvalue weighted by Gasteiger charge is -2.03. The van der Waals surface area contributed by atoms with Gasteiger partial charge in [-0.25, -0.2) is 4.98 Å². The van der Waals surface area contributed by atoms with E-state index in [1.54, 1.807) is 6.07 Å². The molecule has 0 fully saturated rings. The van der Waals surface area contributed by atoms with Crippen molar-refractivity contribution in [2.75, 3.05) is 5.32 Å². The number of carbonyl (C=O) groups excluding carboxylic acids is 1. The van der Waals surface area contributed by atoms with Gasteiger partial charge in [0.25, 0.3) is 5.91 Å². The number of nitrogens with zero attached hydrogens (tertiary/aromatic N) is 2. The number of carbonyl (C=O) groups is 1. The van der Waals surface area contributed by atoms with Crippen molar-refractivity contribution in [2.45, 2.75) is 13.8 Å². The third kappa shape index (κ3) is 2.10. The number of amides is 1. The van der Waals surface area contributed by atoms with Crippen molar-refractivity contribution in [2.24, 2.45) is 0 Å². The Morgan fingerprint density at radius 3 is 2.82 bits per heavy atom. The summed E-state index contributed by atoms with van der Waals surface area (Å²) >= 11 is 0. The summed E-state index contributed by atoms with van der Waals surface area (Å²) in [5, 5.41) is 18.8. The zero-order chi connectivity index (χ0) is 12.4. The summed E-state index contributed by atoms with van der Waals surface area (Å²) < 4.78 is 0. The van der Waals surface area contributed by atoms with E-state index in [1.807, 2.05) is 13.8 Å². The number of aryl methyl sites for hydroxylation is 1. The predicted octanol–water partition coefficient (Wildman–Crippen LogP) is 1.38. The Balaban J connectivity index is 2.23. The molecular formula is C11H12N4O2. The molecule has 1 amide bonds. The molecule has 2 rings (SSSR count). The Hall–Kier alpha value is -2.37. The second kappa shape index (κ2) is 4.25. The summed E-state index contributed by atoms with van der Waals surface area (Å²) in [5.41, 5.74) is 1.71. The third-order valence-electron chi connectivity index (χ3n) is 2.49.